The van der Waals surface area contributed by atoms with Gasteiger partial charge < -0.3 is 5.32 Å². The summed E-state index contributed by atoms with van der Waals surface area (Å²) < 4.78 is 0. The predicted octanol–water partition coefficient (Wildman–Crippen LogP) is 3.43. The van der Waals surface area contributed by atoms with E-state index >= 15 is 0 Å². The number of halogens is 1. The number of carbonyl (C=O) groups is 1. The van der Waals surface area contributed by atoms with Gasteiger partial charge >= 0.3 is 0 Å². The lowest BCUT2D eigenvalue weighted by molar-refractivity contribution is -0.385. The van der Waals surface area contributed by atoms with E-state index in [0.717, 1.165) is 5.56 Å². The summed E-state index contributed by atoms with van der Waals surface area (Å²) >= 11 is 5.74. The lowest BCUT2D eigenvalue weighted by Gasteiger charge is -2.29. The van der Waals surface area contributed by atoms with Crippen molar-refractivity contribution in [3.8, 4) is 0 Å². The largest absolute Gasteiger partial charge is 0.347 e. The van der Waals surface area contributed by atoms with Gasteiger partial charge in [-0.05, 0) is 38.3 Å². The highest BCUT2D eigenvalue weighted by Gasteiger charge is 2.27. The highest BCUT2D eigenvalue weighted by molar-refractivity contribution is 6.17. The summed E-state index contributed by atoms with van der Waals surface area (Å²) in [5.41, 5.74) is 0.245. The van der Waals surface area contributed by atoms with Crippen LogP contribution in [0.25, 0.3) is 0 Å². The Kier molecular flexibility index (Phi) is 5.51. The summed E-state index contributed by atoms with van der Waals surface area (Å²) in [7, 11) is 0. The van der Waals surface area contributed by atoms with Gasteiger partial charge in [-0.1, -0.05) is 13.0 Å². The molecule has 6 heteroatoms. The molecule has 1 aromatic rings. The molecule has 1 N–H and O–H groups in total. The highest BCUT2D eigenvalue weighted by atomic mass is 35.5. The number of nitro groups is 1. The Morgan fingerprint density at radius 2 is 2.15 bits per heavy atom. The van der Waals surface area contributed by atoms with Gasteiger partial charge in [-0.15, -0.1) is 11.6 Å². The van der Waals surface area contributed by atoms with Crippen LogP contribution in [0.3, 0.4) is 0 Å². The van der Waals surface area contributed by atoms with E-state index in [1.807, 2.05) is 13.8 Å². The molecular formula is C14H19ClN2O3. The third kappa shape index (κ3) is 3.93. The third-order valence-corrected chi connectivity index (χ3v) is 3.62. The number of aryl methyl sites for hydroxylation is 1. The normalized spacial score (nSPS) is 13.6. The average Bonchev–Trinajstić information content (AvgIpc) is 2.38. The van der Waals surface area contributed by atoms with Gasteiger partial charge in [0.1, 0.15) is 5.56 Å². The Hall–Kier alpha value is -1.62. The summed E-state index contributed by atoms with van der Waals surface area (Å²) in [6.45, 7) is 5.62. The molecule has 110 valence electrons. The number of rotatable bonds is 6. The van der Waals surface area contributed by atoms with Crippen molar-refractivity contribution >= 4 is 23.2 Å². The second-order valence-corrected chi connectivity index (χ2v) is 5.46. The van der Waals surface area contributed by atoms with Crippen molar-refractivity contribution in [3.05, 3.63) is 39.4 Å². The van der Waals surface area contributed by atoms with Crippen LogP contribution in [0, 0.1) is 17.0 Å². The molecule has 0 fully saturated rings. The molecule has 0 aromatic heterocycles. The first-order chi connectivity index (χ1) is 9.33. The van der Waals surface area contributed by atoms with Crippen molar-refractivity contribution in [1.82, 2.24) is 5.32 Å². The number of amides is 1. The maximum atomic E-state index is 12.3. The van der Waals surface area contributed by atoms with E-state index in [1.165, 1.54) is 12.1 Å². The number of hydrogen-bond acceptors (Lipinski definition) is 3. The van der Waals surface area contributed by atoms with Crippen LogP contribution in [0.1, 0.15) is 42.6 Å². The first-order valence-electron chi connectivity index (χ1n) is 6.46. The van der Waals surface area contributed by atoms with Crippen LogP contribution in [-0.2, 0) is 0 Å². The Morgan fingerprint density at radius 3 is 2.65 bits per heavy atom. The van der Waals surface area contributed by atoms with Crippen LogP contribution in [0.15, 0.2) is 18.2 Å². The molecule has 0 aliphatic heterocycles. The fraction of sp³-hybridized carbons (Fsp3) is 0.500. The molecule has 1 aromatic carbocycles. The molecule has 0 heterocycles. The molecule has 1 unspecified atom stereocenters. The first-order valence-corrected chi connectivity index (χ1v) is 7.00. The van der Waals surface area contributed by atoms with Gasteiger partial charge in [0.2, 0.25) is 0 Å². The van der Waals surface area contributed by atoms with Gasteiger partial charge in [0, 0.05) is 17.5 Å². The van der Waals surface area contributed by atoms with Crippen molar-refractivity contribution < 1.29 is 9.72 Å². The highest BCUT2D eigenvalue weighted by Crippen LogP contribution is 2.22. The topological polar surface area (TPSA) is 72.2 Å². The number of benzene rings is 1. The Labute approximate surface area is 123 Å². The van der Waals surface area contributed by atoms with Crippen LogP contribution in [0.2, 0.25) is 0 Å². The quantitative estimate of drug-likeness (QED) is 0.497. The van der Waals surface area contributed by atoms with Crippen LogP contribution < -0.4 is 5.32 Å². The standard InChI is InChI=1S/C14H19ClN2O3/c1-4-14(3,7-8-15)16-13(18)11-9-10(2)5-6-12(11)17(19)20/h5-6,9H,4,7-8H2,1-3H3,(H,16,18). The van der Waals surface area contributed by atoms with Crippen molar-refractivity contribution in [2.45, 2.75) is 39.2 Å². The average molecular weight is 299 g/mol. The molecule has 0 saturated carbocycles. The van der Waals surface area contributed by atoms with Gasteiger partial charge in [0.05, 0.1) is 4.92 Å². The zero-order valence-corrected chi connectivity index (χ0v) is 12.7. The van der Waals surface area contributed by atoms with E-state index in [9.17, 15) is 14.9 Å². The molecule has 0 radical (unpaired) electrons. The summed E-state index contributed by atoms with van der Waals surface area (Å²) in [6.07, 6.45) is 1.31. The molecule has 0 aliphatic carbocycles. The minimum atomic E-state index is -0.542. The fourth-order valence-electron chi connectivity index (χ4n) is 1.87. The molecule has 1 rings (SSSR count). The number of alkyl halides is 1. The zero-order valence-electron chi connectivity index (χ0n) is 11.9. The Bertz CT molecular complexity index is 519. The Morgan fingerprint density at radius 1 is 1.50 bits per heavy atom. The monoisotopic (exact) mass is 298 g/mol. The van der Waals surface area contributed by atoms with Crippen LogP contribution in [0.5, 0.6) is 0 Å². The maximum absolute atomic E-state index is 12.3. The summed E-state index contributed by atoms with van der Waals surface area (Å²) in [4.78, 5) is 22.8. The predicted molar refractivity (Wildman–Crippen MR) is 79.3 cm³/mol. The molecule has 0 aliphatic rings. The van der Waals surface area contributed by atoms with Crippen LogP contribution in [-0.4, -0.2) is 22.2 Å². The fourth-order valence-corrected chi connectivity index (χ4v) is 2.29. The molecule has 0 spiro atoms. The van der Waals surface area contributed by atoms with Crippen molar-refractivity contribution in [3.63, 3.8) is 0 Å². The van der Waals surface area contributed by atoms with Crippen LogP contribution in [0.4, 0.5) is 5.69 Å². The maximum Gasteiger partial charge on any atom is 0.282 e. The summed E-state index contributed by atoms with van der Waals surface area (Å²) in [5.74, 6) is -0.0181. The molecule has 0 saturated heterocycles. The first kappa shape index (κ1) is 16.4. The van der Waals surface area contributed by atoms with E-state index in [2.05, 4.69) is 5.32 Å². The number of nitrogens with zero attached hydrogens (tertiary/aromatic N) is 1. The Balaban J connectivity index is 3.08. The summed E-state index contributed by atoms with van der Waals surface area (Å²) in [6, 6.07) is 4.51. The number of hydrogen-bond donors (Lipinski definition) is 1. The summed E-state index contributed by atoms with van der Waals surface area (Å²) in [5, 5.41) is 13.9. The van der Waals surface area contributed by atoms with E-state index in [0.29, 0.717) is 18.7 Å². The van der Waals surface area contributed by atoms with Gasteiger partial charge in [-0.25, -0.2) is 0 Å². The van der Waals surface area contributed by atoms with Gasteiger partial charge in [0.25, 0.3) is 11.6 Å². The smallest absolute Gasteiger partial charge is 0.282 e. The number of nitrogens with one attached hydrogen (secondary N) is 1. The zero-order chi connectivity index (χ0) is 15.3. The van der Waals surface area contributed by atoms with Crippen molar-refractivity contribution in [2.75, 3.05) is 5.88 Å². The van der Waals surface area contributed by atoms with E-state index in [4.69, 9.17) is 11.6 Å². The SMILES string of the molecule is CCC(C)(CCCl)NC(=O)c1cc(C)ccc1[N+](=O)[O-]. The van der Waals surface area contributed by atoms with Crippen LogP contribution >= 0.6 is 11.6 Å². The molecule has 5 nitrogen and oxygen atoms in total. The molecule has 1 atom stereocenters. The van der Waals surface area contributed by atoms with Gasteiger partial charge in [-0.2, -0.15) is 0 Å². The minimum absolute atomic E-state index is 0.0873. The van der Waals surface area contributed by atoms with Crippen molar-refractivity contribution in [1.29, 1.82) is 0 Å². The molecule has 0 bridgehead atoms. The lowest BCUT2D eigenvalue weighted by atomic mass is 9.94. The van der Waals surface area contributed by atoms with E-state index in [-0.39, 0.29) is 11.3 Å². The second kappa shape index (κ2) is 6.70. The van der Waals surface area contributed by atoms with E-state index < -0.39 is 16.4 Å². The van der Waals surface area contributed by atoms with Gasteiger partial charge in [-0.3, -0.25) is 14.9 Å². The molecule has 1 amide bonds. The van der Waals surface area contributed by atoms with Crippen molar-refractivity contribution in [2.24, 2.45) is 0 Å². The molecular weight excluding hydrogens is 280 g/mol. The second-order valence-electron chi connectivity index (χ2n) is 5.09. The third-order valence-electron chi connectivity index (χ3n) is 3.44. The van der Waals surface area contributed by atoms with E-state index in [1.54, 1.807) is 13.0 Å². The number of carbonyl (C=O) groups excluding carboxylic acids is 1. The van der Waals surface area contributed by atoms with Gasteiger partial charge in [0.15, 0.2) is 0 Å². The lowest BCUT2D eigenvalue weighted by Crippen LogP contribution is -2.46. The molecule has 20 heavy (non-hydrogen) atoms. The number of nitro benzene ring substituents is 1. The minimum Gasteiger partial charge on any atom is -0.347 e.